The van der Waals surface area contributed by atoms with Crippen LogP contribution in [0, 0.1) is 11.6 Å². The molecule has 7 nitrogen and oxygen atoms in total. The Kier molecular flexibility index (Phi) is 6.86. The van der Waals surface area contributed by atoms with E-state index in [0.717, 1.165) is 6.07 Å². The van der Waals surface area contributed by atoms with Crippen LogP contribution in [0.15, 0.2) is 16.6 Å². The second kappa shape index (κ2) is 8.24. The van der Waals surface area contributed by atoms with Gasteiger partial charge in [-0.2, -0.15) is 0 Å². The summed E-state index contributed by atoms with van der Waals surface area (Å²) >= 11 is 2.83. The molecule has 0 aliphatic heterocycles. The van der Waals surface area contributed by atoms with Gasteiger partial charge in [0.25, 0.3) is 11.8 Å². The van der Waals surface area contributed by atoms with Gasteiger partial charge in [-0.05, 0) is 49.7 Å². The number of ether oxygens (including phenoxy) is 1. The molecule has 0 spiro atoms. The van der Waals surface area contributed by atoms with Crippen molar-refractivity contribution in [3.63, 3.8) is 0 Å². The highest BCUT2D eigenvalue weighted by atomic mass is 79.9. The number of benzene rings is 1. The lowest BCUT2D eigenvalue weighted by Gasteiger charge is -2.21. The zero-order valence-electron chi connectivity index (χ0n) is 14.0. The number of hydrogen-bond acceptors (Lipinski definition) is 4. The molecule has 25 heavy (non-hydrogen) atoms. The number of amides is 3. The Morgan fingerprint density at radius 1 is 1.12 bits per heavy atom. The monoisotopic (exact) mass is 421 g/mol. The van der Waals surface area contributed by atoms with E-state index in [1.807, 2.05) is 10.9 Å². The number of carbonyl (C=O) groups excluding carboxylic acids is 3. The Morgan fingerprint density at radius 3 is 2.28 bits per heavy atom. The fraction of sp³-hybridized carbons (Fsp3) is 0.400. The van der Waals surface area contributed by atoms with Crippen LogP contribution in [0.25, 0.3) is 0 Å². The van der Waals surface area contributed by atoms with Gasteiger partial charge in [0, 0.05) is 6.07 Å². The molecule has 138 valence electrons. The predicted molar refractivity (Wildman–Crippen MR) is 88.5 cm³/mol. The molecule has 0 aromatic heterocycles. The zero-order valence-corrected chi connectivity index (χ0v) is 15.6. The lowest BCUT2D eigenvalue weighted by molar-refractivity contribution is -0.123. The van der Waals surface area contributed by atoms with Crippen LogP contribution in [-0.2, 0) is 9.53 Å². The van der Waals surface area contributed by atoms with E-state index in [9.17, 15) is 23.2 Å². The molecule has 1 unspecified atom stereocenters. The summed E-state index contributed by atoms with van der Waals surface area (Å²) in [6.07, 6.45) is -0.810. The molecule has 0 bridgehead atoms. The van der Waals surface area contributed by atoms with Crippen LogP contribution in [-0.4, -0.2) is 29.6 Å². The second-order valence-electron chi connectivity index (χ2n) is 6.06. The summed E-state index contributed by atoms with van der Waals surface area (Å²) in [6.45, 7) is 6.34. The van der Waals surface area contributed by atoms with Gasteiger partial charge in [-0.1, -0.05) is 0 Å². The average molecular weight is 422 g/mol. The van der Waals surface area contributed by atoms with E-state index in [1.54, 1.807) is 20.8 Å². The first-order chi connectivity index (χ1) is 11.4. The largest absolute Gasteiger partial charge is 0.444 e. The molecule has 3 N–H and O–H groups in total. The number of alkyl carbamates (subject to hydrolysis) is 1. The molecular weight excluding hydrogens is 404 g/mol. The van der Waals surface area contributed by atoms with E-state index < -0.39 is 46.7 Å². The Bertz CT molecular complexity index is 692. The third-order valence-corrected chi connectivity index (χ3v) is 3.29. The Balaban J connectivity index is 2.60. The van der Waals surface area contributed by atoms with Gasteiger partial charge in [-0.15, -0.1) is 0 Å². The van der Waals surface area contributed by atoms with Gasteiger partial charge < -0.3 is 10.1 Å². The minimum atomic E-state index is -1.09. The van der Waals surface area contributed by atoms with Crippen molar-refractivity contribution in [3.05, 3.63) is 33.8 Å². The van der Waals surface area contributed by atoms with Crippen molar-refractivity contribution in [1.82, 2.24) is 16.2 Å². The van der Waals surface area contributed by atoms with Gasteiger partial charge in [0.1, 0.15) is 23.3 Å². The minimum absolute atomic E-state index is 0.106. The summed E-state index contributed by atoms with van der Waals surface area (Å²) in [7, 11) is 0. The molecule has 0 saturated carbocycles. The number of rotatable bonds is 3. The topological polar surface area (TPSA) is 96.5 Å². The smallest absolute Gasteiger partial charge is 0.408 e. The highest BCUT2D eigenvalue weighted by molar-refractivity contribution is 9.10. The second-order valence-corrected chi connectivity index (χ2v) is 6.91. The maximum Gasteiger partial charge on any atom is 0.408 e. The number of carbonyl (C=O) groups is 3. The molecule has 0 heterocycles. The molecule has 0 radical (unpaired) electrons. The van der Waals surface area contributed by atoms with Crippen LogP contribution < -0.4 is 16.2 Å². The fourth-order valence-electron chi connectivity index (χ4n) is 1.54. The summed E-state index contributed by atoms with van der Waals surface area (Å²) in [5.41, 5.74) is 2.80. The summed E-state index contributed by atoms with van der Waals surface area (Å²) in [5.74, 6) is -3.71. The molecule has 1 aromatic carbocycles. The average Bonchev–Trinajstić information content (AvgIpc) is 2.45. The summed E-state index contributed by atoms with van der Waals surface area (Å²) in [5, 5.41) is 2.27. The molecule has 0 saturated heterocycles. The lowest BCUT2D eigenvalue weighted by Crippen LogP contribution is -2.51. The first-order valence-electron chi connectivity index (χ1n) is 7.15. The van der Waals surface area contributed by atoms with E-state index in [1.165, 1.54) is 6.92 Å². The van der Waals surface area contributed by atoms with E-state index in [-0.39, 0.29) is 4.47 Å². The predicted octanol–water partition coefficient (Wildman–Crippen LogP) is 2.40. The van der Waals surface area contributed by atoms with Crippen molar-refractivity contribution in [2.45, 2.75) is 39.3 Å². The van der Waals surface area contributed by atoms with Crippen molar-refractivity contribution in [1.29, 1.82) is 0 Å². The van der Waals surface area contributed by atoms with Gasteiger partial charge in [-0.3, -0.25) is 20.4 Å². The van der Waals surface area contributed by atoms with Crippen LogP contribution in [0.5, 0.6) is 0 Å². The van der Waals surface area contributed by atoms with Crippen molar-refractivity contribution in [3.8, 4) is 0 Å². The normalized spacial score (nSPS) is 12.1. The van der Waals surface area contributed by atoms with E-state index in [4.69, 9.17) is 4.74 Å². The highest BCUT2D eigenvalue weighted by Crippen LogP contribution is 2.19. The summed E-state index contributed by atoms with van der Waals surface area (Å²) < 4.78 is 31.6. The molecule has 1 aromatic rings. The molecule has 10 heteroatoms. The van der Waals surface area contributed by atoms with Crippen LogP contribution in [0.1, 0.15) is 38.1 Å². The maximum atomic E-state index is 13.6. The standard InChI is InChI=1S/C15H18BrF2N3O4/c1-7(19-14(24)25-15(2,3)4)12(22)20-21-13(23)8-5-9(16)11(18)6-10(8)17/h5-7H,1-4H3,(H,19,24)(H,20,22)(H,21,23). The third kappa shape index (κ3) is 6.65. The number of hydrogen-bond donors (Lipinski definition) is 3. The van der Waals surface area contributed by atoms with Gasteiger partial charge >= 0.3 is 6.09 Å². The highest BCUT2D eigenvalue weighted by Gasteiger charge is 2.22. The van der Waals surface area contributed by atoms with Crippen molar-refractivity contribution < 1.29 is 27.9 Å². The molecule has 0 fully saturated rings. The van der Waals surface area contributed by atoms with Crippen LogP contribution in [0.4, 0.5) is 13.6 Å². The molecule has 1 atom stereocenters. The van der Waals surface area contributed by atoms with E-state index in [2.05, 4.69) is 21.2 Å². The Morgan fingerprint density at radius 2 is 1.72 bits per heavy atom. The summed E-state index contributed by atoms with van der Waals surface area (Å²) in [6, 6.07) is 0.446. The van der Waals surface area contributed by atoms with Crippen molar-refractivity contribution in [2.75, 3.05) is 0 Å². The number of nitrogens with one attached hydrogen (secondary N) is 3. The Labute approximate surface area is 151 Å². The molecule has 3 amide bonds. The van der Waals surface area contributed by atoms with E-state index in [0.29, 0.717) is 6.07 Å². The quantitative estimate of drug-likeness (QED) is 0.515. The lowest BCUT2D eigenvalue weighted by atomic mass is 10.2. The zero-order chi connectivity index (χ0) is 19.4. The first-order valence-corrected chi connectivity index (χ1v) is 7.94. The van der Waals surface area contributed by atoms with Gasteiger partial charge in [-0.25, -0.2) is 13.6 Å². The van der Waals surface area contributed by atoms with Crippen LogP contribution in [0.2, 0.25) is 0 Å². The van der Waals surface area contributed by atoms with Crippen LogP contribution >= 0.6 is 15.9 Å². The first kappa shape index (κ1) is 20.8. The van der Waals surface area contributed by atoms with Crippen LogP contribution in [0.3, 0.4) is 0 Å². The maximum absolute atomic E-state index is 13.6. The van der Waals surface area contributed by atoms with Gasteiger partial charge in [0.2, 0.25) is 0 Å². The number of halogens is 3. The molecular formula is C15H18BrF2N3O4. The molecule has 1 rings (SSSR count). The van der Waals surface area contributed by atoms with Crippen molar-refractivity contribution in [2.24, 2.45) is 0 Å². The fourth-order valence-corrected chi connectivity index (χ4v) is 1.88. The molecule has 0 aliphatic rings. The van der Waals surface area contributed by atoms with E-state index >= 15 is 0 Å². The van der Waals surface area contributed by atoms with Crippen molar-refractivity contribution >= 4 is 33.8 Å². The number of hydrazine groups is 1. The minimum Gasteiger partial charge on any atom is -0.444 e. The Hall–Kier alpha value is -2.23. The molecule has 0 aliphatic carbocycles. The van der Waals surface area contributed by atoms with Gasteiger partial charge in [0.05, 0.1) is 10.0 Å². The SMILES string of the molecule is CC(NC(=O)OC(C)(C)C)C(=O)NNC(=O)c1cc(Br)c(F)cc1F. The van der Waals surface area contributed by atoms with Gasteiger partial charge in [0.15, 0.2) is 0 Å². The third-order valence-electron chi connectivity index (χ3n) is 2.68. The summed E-state index contributed by atoms with van der Waals surface area (Å²) in [4.78, 5) is 35.2.